The van der Waals surface area contributed by atoms with E-state index in [2.05, 4.69) is 20.1 Å². The summed E-state index contributed by atoms with van der Waals surface area (Å²) in [5.41, 5.74) is 1.47. The van der Waals surface area contributed by atoms with E-state index in [1.165, 1.54) is 0 Å². The molecule has 23 heavy (non-hydrogen) atoms. The number of aryl methyl sites for hydroxylation is 1. The quantitative estimate of drug-likeness (QED) is 0.782. The molecule has 0 atom stereocenters. The van der Waals surface area contributed by atoms with Crippen LogP contribution in [-0.2, 0) is 6.54 Å². The Morgan fingerprint density at radius 1 is 1.39 bits per heavy atom. The fraction of sp³-hybridized carbons (Fsp3) is 0.250. The summed E-state index contributed by atoms with van der Waals surface area (Å²) in [6.07, 6.45) is 3.43. The van der Waals surface area contributed by atoms with Crippen molar-refractivity contribution in [1.82, 2.24) is 25.0 Å². The van der Waals surface area contributed by atoms with Crippen molar-refractivity contribution in [3.05, 3.63) is 53.9 Å². The molecule has 7 heteroatoms. The van der Waals surface area contributed by atoms with E-state index in [9.17, 15) is 4.79 Å². The number of H-pyrrole nitrogens is 1. The summed E-state index contributed by atoms with van der Waals surface area (Å²) < 4.78 is 4.95. The maximum Gasteiger partial charge on any atom is 0.254 e. The van der Waals surface area contributed by atoms with Gasteiger partial charge in [-0.25, -0.2) is 4.98 Å². The van der Waals surface area contributed by atoms with Gasteiger partial charge in [-0.3, -0.25) is 4.79 Å². The lowest BCUT2D eigenvalue weighted by Gasteiger charge is -2.19. The number of carbonyl (C=O) groups excluding carboxylic acids is 1. The Morgan fingerprint density at radius 2 is 2.26 bits per heavy atom. The molecule has 3 rings (SSSR count). The molecule has 0 unspecified atom stereocenters. The number of nitrogens with one attached hydrogen (secondary N) is 1. The predicted octanol–water partition coefficient (Wildman–Crippen LogP) is 2.43. The lowest BCUT2D eigenvalue weighted by atomic mass is 10.1. The van der Waals surface area contributed by atoms with Crippen LogP contribution in [0, 0.1) is 6.92 Å². The van der Waals surface area contributed by atoms with E-state index < -0.39 is 0 Å². The van der Waals surface area contributed by atoms with Gasteiger partial charge in [0.15, 0.2) is 5.82 Å². The average Bonchev–Trinajstić information content (AvgIpc) is 3.24. The van der Waals surface area contributed by atoms with Crippen molar-refractivity contribution >= 4 is 5.91 Å². The van der Waals surface area contributed by atoms with E-state index in [0.717, 1.165) is 11.4 Å². The monoisotopic (exact) mass is 311 g/mol. The van der Waals surface area contributed by atoms with Gasteiger partial charge in [0.05, 0.1) is 6.54 Å². The Balaban J connectivity index is 1.82. The van der Waals surface area contributed by atoms with Crippen molar-refractivity contribution in [2.45, 2.75) is 20.4 Å². The molecule has 0 spiro atoms. The lowest BCUT2D eigenvalue weighted by Crippen LogP contribution is -2.30. The van der Waals surface area contributed by atoms with Crippen LogP contribution in [0.4, 0.5) is 0 Å². The van der Waals surface area contributed by atoms with Gasteiger partial charge in [-0.2, -0.15) is 4.98 Å². The molecule has 0 aliphatic rings. The molecule has 0 aliphatic carbocycles. The normalized spacial score (nSPS) is 10.7. The van der Waals surface area contributed by atoms with Crippen molar-refractivity contribution in [2.75, 3.05) is 6.54 Å². The summed E-state index contributed by atoms with van der Waals surface area (Å²) in [5.74, 6) is 1.64. The molecule has 2 heterocycles. The van der Waals surface area contributed by atoms with Crippen LogP contribution in [0.2, 0.25) is 0 Å². The van der Waals surface area contributed by atoms with Gasteiger partial charge in [0.2, 0.25) is 5.89 Å². The van der Waals surface area contributed by atoms with E-state index in [1.54, 1.807) is 30.3 Å². The molecule has 1 aromatic carbocycles. The minimum Gasteiger partial charge on any atom is -0.345 e. The molecular weight excluding hydrogens is 294 g/mol. The van der Waals surface area contributed by atoms with Gasteiger partial charge in [0.25, 0.3) is 5.91 Å². The summed E-state index contributed by atoms with van der Waals surface area (Å²) in [4.78, 5) is 25.8. The highest BCUT2D eigenvalue weighted by molar-refractivity contribution is 5.95. The van der Waals surface area contributed by atoms with E-state index in [4.69, 9.17) is 4.52 Å². The molecule has 0 fully saturated rings. The highest BCUT2D eigenvalue weighted by Gasteiger charge is 2.17. The number of aromatic nitrogens is 4. The first-order chi connectivity index (χ1) is 11.2. The average molecular weight is 311 g/mol. The lowest BCUT2D eigenvalue weighted by molar-refractivity contribution is 0.0747. The van der Waals surface area contributed by atoms with Gasteiger partial charge in [-0.1, -0.05) is 17.3 Å². The fourth-order valence-corrected chi connectivity index (χ4v) is 2.31. The second-order valence-corrected chi connectivity index (χ2v) is 5.07. The van der Waals surface area contributed by atoms with Crippen molar-refractivity contribution in [3.8, 4) is 11.4 Å². The molecule has 7 nitrogen and oxygen atoms in total. The van der Waals surface area contributed by atoms with Crippen molar-refractivity contribution in [2.24, 2.45) is 0 Å². The number of nitrogens with zero attached hydrogens (tertiary/aromatic N) is 4. The molecule has 3 aromatic rings. The predicted molar refractivity (Wildman–Crippen MR) is 83.5 cm³/mol. The topological polar surface area (TPSA) is 87.9 Å². The second kappa shape index (κ2) is 6.43. The second-order valence-electron chi connectivity index (χ2n) is 5.07. The summed E-state index contributed by atoms with van der Waals surface area (Å²) in [6.45, 7) is 4.51. The van der Waals surface area contributed by atoms with E-state index in [0.29, 0.717) is 30.4 Å². The van der Waals surface area contributed by atoms with Crippen molar-refractivity contribution in [1.29, 1.82) is 0 Å². The van der Waals surface area contributed by atoms with Crippen LogP contribution >= 0.6 is 0 Å². The molecule has 0 radical (unpaired) electrons. The van der Waals surface area contributed by atoms with E-state index in [1.807, 2.05) is 25.1 Å². The standard InChI is InChI=1S/C16H17N5O2/c1-3-21(10-14-19-11(2)23-20-14)16(22)13-6-4-5-12(9-13)15-17-7-8-18-15/h4-9H,3,10H2,1-2H3,(H,17,18). The van der Waals surface area contributed by atoms with Crippen LogP contribution in [0.3, 0.4) is 0 Å². The minimum absolute atomic E-state index is 0.0802. The van der Waals surface area contributed by atoms with Crippen LogP contribution in [0.1, 0.15) is 29.0 Å². The number of hydrogen-bond donors (Lipinski definition) is 1. The first-order valence-electron chi connectivity index (χ1n) is 7.35. The van der Waals surface area contributed by atoms with Gasteiger partial charge in [-0.05, 0) is 19.1 Å². The number of carbonyl (C=O) groups is 1. The fourth-order valence-electron chi connectivity index (χ4n) is 2.31. The van der Waals surface area contributed by atoms with E-state index in [-0.39, 0.29) is 5.91 Å². The zero-order valence-electron chi connectivity index (χ0n) is 13.0. The molecule has 0 aliphatic heterocycles. The number of benzene rings is 1. The number of imidazole rings is 1. The molecule has 1 N–H and O–H groups in total. The Morgan fingerprint density at radius 3 is 2.91 bits per heavy atom. The molecule has 0 bridgehead atoms. The van der Waals surface area contributed by atoms with Gasteiger partial charge in [0, 0.05) is 37.0 Å². The van der Waals surface area contributed by atoms with Crippen LogP contribution in [0.25, 0.3) is 11.4 Å². The number of hydrogen-bond acceptors (Lipinski definition) is 5. The zero-order valence-corrected chi connectivity index (χ0v) is 13.0. The van der Waals surface area contributed by atoms with Gasteiger partial charge in [-0.15, -0.1) is 0 Å². The molecular formula is C16H17N5O2. The van der Waals surface area contributed by atoms with Crippen LogP contribution in [0.15, 0.2) is 41.2 Å². The molecule has 0 saturated carbocycles. The number of aromatic amines is 1. The van der Waals surface area contributed by atoms with Crippen molar-refractivity contribution < 1.29 is 9.32 Å². The Bertz CT molecular complexity index is 794. The van der Waals surface area contributed by atoms with Crippen LogP contribution in [-0.4, -0.2) is 37.5 Å². The summed E-state index contributed by atoms with van der Waals surface area (Å²) in [7, 11) is 0. The van der Waals surface area contributed by atoms with Crippen LogP contribution in [0.5, 0.6) is 0 Å². The molecule has 2 aromatic heterocycles. The zero-order chi connectivity index (χ0) is 16.2. The SMILES string of the molecule is CCN(Cc1noc(C)n1)C(=O)c1cccc(-c2ncc[nH]2)c1. The summed E-state index contributed by atoms with van der Waals surface area (Å²) in [5, 5.41) is 3.84. The third-order valence-corrected chi connectivity index (χ3v) is 3.45. The third-order valence-electron chi connectivity index (χ3n) is 3.45. The summed E-state index contributed by atoms with van der Waals surface area (Å²) >= 11 is 0. The first-order valence-corrected chi connectivity index (χ1v) is 7.35. The van der Waals surface area contributed by atoms with Gasteiger partial charge < -0.3 is 14.4 Å². The Kier molecular flexibility index (Phi) is 4.18. The highest BCUT2D eigenvalue weighted by Crippen LogP contribution is 2.17. The molecule has 118 valence electrons. The van der Waals surface area contributed by atoms with Crippen molar-refractivity contribution in [3.63, 3.8) is 0 Å². The molecule has 0 saturated heterocycles. The number of rotatable bonds is 5. The largest absolute Gasteiger partial charge is 0.345 e. The first kappa shape index (κ1) is 15.0. The van der Waals surface area contributed by atoms with E-state index >= 15 is 0 Å². The number of amides is 1. The third kappa shape index (κ3) is 3.28. The van der Waals surface area contributed by atoms with Gasteiger partial charge in [0.1, 0.15) is 5.82 Å². The summed E-state index contributed by atoms with van der Waals surface area (Å²) in [6, 6.07) is 7.37. The van der Waals surface area contributed by atoms with Crippen LogP contribution < -0.4 is 0 Å². The Hall–Kier alpha value is -2.96. The minimum atomic E-state index is -0.0802. The highest BCUT2D eigenvalue weighted by atomic mass is 16.5. The maximum atomic E-state index is 12.7. The maximum absolute atomic E-state index is 12.7. The molecule has 1 amide bonds. The van der Waals surface area contributed by atoms with Gasteiger partial charge >= 0.3 is 0 Å². The smallest absolute Gasteiger partial charge is 0.254 e. The Labute approximate surface area is 133 Å².